The average Bonchev–Trinajstić information content (AvgIpc) is 2.98. The van der Waals surface area contributed by atoms with Crippen LogP contribution >= 0.6 is 23.2 Å². The van der Waals surface area contributed by atoms with Crippen molar-refractivity contribution in [1.29, 1.82) is 0 Å². The van der Waals surface area contributed by atoms with Crippen LogP contribution in [0, 0.1) is 0 Å². The molecule has 0 spiro atoms. The molecule has 126 valence electrons. The molecule has 0 aliphatic heterocycles. The Morgan fingerprint density at radius 2 is 2.21 bits per heavy atom. The summed E-state index contributed by atoms with van der Waals surface area (Å²) in [7, 11) is 0. The van der Waals surface area contributed by atoms with Crippen molar-refractivity contribution in [2.45, 2.75) is 25.8 Å². The lowest BCUT2D eigenvalue weighted by Gasteiger charge is -2.19. The van der Waals surface area contributed by atoms with Gasteiger partial charge < -0.3 is 5.32 Å². The topological polar surface area (TPSA) is 46.9 Å². The lowest BCUT2D eigenvalue weighted by Crippen LogP contribution is -2.16. The number of aromatic nitrogens is 2. The second-order valence-corrected chi connectivity index (χ2v) is 6.49. The SMILES string of the molecule is O=CNC/C(F)=C1\CCCc2cnn(Cc3ccc(Cl)cc3Cl)c21. The zero-order valence-electron chi connectivity index (χ0n) is 12.9. The van der Waals surface area contributed by atoms with Crippen molar-refractivity contribution in [2.24, 2.45) is 0 Å². The van der Waals surface area contributed by atoms with Crippen molar-refractivity contribution in [3.8, 4) is 0 Å². The number of fused-ring (bicyclic) bond motifs is 1. The Hall–Kier alpha value is -1.85. The number of hydrogen-bond acceptors (Lipinski definition) is 2. The molecule has 1 aliphatic rings. The highest BCUT2D eigenvalue weighted by Gasteiger charge is 2.23. The predicted molar refractivity (Wildman–Crippen MR) is 92.8 cm³/mol. The highest BCUT2D eigenvalue weighted by atomic mass is 35.5. The number of halogens is 3. The standard InChI is InChI=1S/C17H16Cl2FN3O/c18-13-5-4-12(15(19)6-13)9-23-17-11(7-22-23)2-1-3-14(17)16(20)8-21-10-24/h4-7,10H,1-3,8-9H2,(H,21,24)/b16-14-. The van der Waals surface area contributed by atoms with E-state index in [1.807, 2.05) is 6.07 Å². The van der Waals surface area contributed by atoms with Crippen molar-refractivity contribution in [2.75, 3.05) is 6.54 Å². The summed E-state index contributed by atoms with van der Waals surface area (Å²) in [5.41, 5.74) is 3.27. The number of hydrogen-bond donors (Lipinski definition) is 1. The van der Waals surface area contributed by atoms with Crippen LogP contribution in [0.2, 0.25) is 10.0 Å². The minimum Gasteiger partial charge on any atom is -0.352 e. The van der Waals surface area contributed by atoms with Gasteiger partial charge in [0, 0.05) is 15.6 Å². The van der Waals surface area contributed by atoms with Crippen LogP contribution < -0.4 is 5.32 Å². The Morgan fingerprint density at radius 3 is 2.96 bits per heavy atom. The Bertz CT molecular complexity index is 801. The third-order valence-corrected chi connectivity index (χ3v) is 4.66. The van der Waals surface area contributed by atoms with Gasteiger partial charge in [-0.1, -0.05) is 29.3 Å². The molecule has 0 saturated carbocycles. The third kappa shape index (κ3) is 3.47. The van der Waals surface area contributed by atoms with Crippen molar-refractivity contribution in [1.82, 2.24) is 15.1 Å². The summed E-state index contributed by atoms with van der Waals surface area (Å²) in [6.07, 6.45) is 4.62. The number of carbonyl (C=O) groups excluding carboxylic acids is 1. The highest BCUT2D eigenvalue weighted by Crippen LogP contribution is 2.34. The summed E-state index contributed by atoms with van der Waals surface area (Å²) in [5.74, 6) is -0.327. The molecule has 3 rings (SSSR count). The Labute approximate surface area is 149 Å². The number of nitrogens with zero attached hydrogens (tertiary/aromatic N) is 2. The van der Waals surface area contributed by atoms with Crippen LogP contribution in [0.15, 0.2) is 30.2 Å². The van der Waals surface area contributed by atoms with Gasteiger partial charge in [-0.15, -0.1) is 0 Å². The smallest absolute Gasteiger partial charge is 0.207 e. The van der Waals surface area contributed by atoms with Gasteiger partial charge in [-0.25, -0.2) is 4.39 Å². The van der Waals surface area contributed by atoms with Gasteiger partial charge in [0.1, 0.15) is 5.83 Å². The van der Waals surface area contributed by atoms with Gasteiger partial charge >= 0.3 is 0 Å². The first-order chi connectivity index (χ1) is 11.6. The molecule has 1 amide bonds. The zero-order valence-corrected chi connectivity index (χ0v) is 14.4. The first kappa shape index (κ1) is 17.0. The summed E-state index contributed by atoms with van der Waals surface area (Å²) in [6.45, 7) is 0.328. The normalized spacial score (nSPS) is 15.8. The number of rotatable bonds is 5. The van der Waals surface area contributed by atoms with Gasteiger partial charge in [0.25, 0.3) is 0 Å². The molecule has 24 heavy (non-hydrogen) atoms. The van der Waals surface area contributed by atoms with Crippen molar-refractivity contribution >= 4 is 35.2 Å². The fourth-order valence-corrected chi connectivity index (χ4v) is 3.43. The average molecular weight is 368 g/mol. The molecule has 1 heterocycles. The molecule has 0 unspecified atom stereocenters. The molecule has 0 radical (unpaired) electrons. The highest BCUT2D eigenvalue weighted by molar-refractivity contribution is 6.35. The fourth-order valence-electron chi connectivity index (χ4n) is 2.96. The summed E-state index contributed by atoms with van der Waals surface area (Å²) in [4.78, 5) is 10.4. The number of aryl methyl sites for hydroxylation is 1. The molecule has 1 aliphatic carbocycles. The van der Waals surface area contributed by atoms with Crippen LogP contribution in [0.4, 0.5) is 4.39 Å². The first-order valence-corrected chi connectivity index (χ1v) is 8.39. The van der Waals surface area contributed by atoms with Gasteiger partial charge in [-0.05, 0) is 42.5 Å². The van der Waals surface area contributed by atoms with E-state index in [0.717, 1.165) is 29.7 Å². The second kappa shape index (κ2) is 7.36. The minimum atomic E-state index is -0.327. The minimum absolute atomic E-state index is 0.106. The maximum atomic E-state index is 14.5. The van der Waals surface area contributed by atoms with Crippen molar-refractivity contribution < 1.29 is 9.18 Å². The van der Waals surface area contributed by atoms with Gasteiger partial charge in [0.05, 0.1) is 25.0 Å². The maximum Gasteiger partial charge on any atom is 0.207 e. The molecule has 0 atom stereocenters. The molecule has 0 bridgehead atoms. The van der Waals surface area contributed by atoms with Gasteiger partial charge in [0.15, 0.2) is 0 Å². The molecular weight excluding hydrogens is 352 g/mol. The van der Waals surface area contributed by atoms with E-state index in [0.29, 0.717) is 35.0 Å². The van der Waals surface area contributed by atoms with E-state index in [9.17, 15) is 9.18 Å². The molecule has 0 fully saturated rings. The van der Waals surface area contributed by atoms with E-state index in [-0.39, 0.29) is 12.4 Å². The quantitative estimate of drug-likeness (QED) is 0.811. The van der Waals surface area contributed by atoms with Crippen LogP contribution in [0.25, 0.3) is 5.57 Å². The van der Waals surface area contributed by atoms with Crippen LogP contribution in [0.3, 0.4) is 0 Å². The first-order valence-electron chi connectivity index (χ1n) is 7.63. The number of benzene rings is 1. The summed E-state index contributed by atoms with van der Waals surface area (Å²) >= 11 is 12.2. The lowest BCUT2D eigenvalue weighted by atomic mass is 9.92. The fraction of sp³-hybridized carbons (Fsp3) is 0.294. The van der Waals surface area contributed by atoms with Gasteiger partial charge in [-0.2, -0.15) is 5.10 Å². The van der Waals surface area contributed by atoms with E-state index in [1.165, 1.54) is 0 Å². The van der Waals surface area contributed by atoms with Gasteiger partial charge in [0.2, 0.25) is 6.41 Å². The van der Waals surface area contributed by atoms with Crippen LogP contribution in [-0.2, 0) is 17.8 Å². The zero-order chi connectivity index (χ0) is 17.1. The van der Waals surface area contributed by atoms with Crippen LogP contribution in [0.5, 0.6) is 0 Å². The molecule has 4 nitrogen and oxygen atoms in total. The molecule has 0 saturated heterocycles. The molecule has 1 aromatic heterocycles. The van der Waals surface area contributed by atoms with E-state index >= 15 is 0 Å². The number of nitrogens with one attached hydrogen (secondary N) is 1. The number of allylic oxidation sites excluding steroid dienone is 1. The van der Waals surface area contributed by atoms with Crippen molar-refractivity contribution in [3.05, 3.63) is 57.1 Å². The van der Waals surface area contributed by atoms with Gasteiger partial charge in [-0.3, -0.25) is 9.48 Å². The molecule has 1 N–H and O–H groups in total. The predicted octanol–water partition coefficient (Wildman–Crippen LogP) is 4.00. The summed E-state index contributed by atoms with van der Waals surface area (Å²) in [6, 6.07) is 5.29. The van der Waals surface area contributed by atoms with E-state index < -0.39 is 0 Å². The molecular formula is C17H16Cl2FN3O. The number of carbonyl (C=O) groups is 1. The largest absolute Gasteiger partial charge is 0.352 e. The van der Waals surface area contributed by atoms with E-state index in [1.54, 1.807) is 23.0 Å². The Morgan fingerprint density at radius 1 is 1.38 bits per heavy atom. The van der Waals surface area contributed by atoms with E-state index in [4.69, 9.17) is 23.2 Å². The molecule has 1 aromatic carbocycles. The summed E-state index contributed by atoms with van der Waals surface area (Å²) < 4.78 is 16.2. The lowest BCUT2D eigenvalue weighted by molar-refractivity contribution is -0.109. The van der Waals surface area contributed by atoms with E-state index in [2.05, 4.69) is 10.4 Å². The Kier molecular flexibility index (Phi) is 5.21. The van der Waals surface area contributed by atoms with Crippen molar-refractivity contribution in [3.63, 3.8) is 0 Å². The number of amides is 1. The summed E-state index contributed by atoms with van der Waals surface area (Å²) in [5, 5.41) is 7.90. The monoisotopic (exact) mass is 367 g/mol. The van der Waals surface area contributed by atoms with Crippen LogP contribution in [0.1, 0.15) is 29.7 Å². The Balaban J connectivity index is 1.97. The van der Waals surface area contributed by atoms with Crippen LogP contribution in [-0.4, -0.2) is 22.7 Å². The third-order valence-electron chi connectivity index (χ3n) is 4.08. The maximum absolute atomic E-state index is 14.5. The molecule has 7 heteroatoms. The second-order valence-electron chi connectivity index (χ2n) is 5.65. The molecule has 2 aromatic rings.